The molecule has 0 fully saturated rings. The van der Waals surface area contributed by atoms with Crippen LogP contribution in [0.15, 0.2) is 29.5 Å². The van der Waals surface area contributed by atoms with Gasteiger partial charge in [0.2, 0.25) is 0 Å². The predicted octanol–water partition coefficient (Wildman–Crippen LogP) is 1.21. The Morgan fingerprint density at radius 2 is 2.10 bits per heavy atom. The SMILES string of the molecule is COC(=O)C1=C(Nc2ccc(OCC(F)(F)F)c([N+](=O)[O-])c2)C(=O)N(CCO)C1. The van der Waals surface area contributed by atoms with Crippen molar-refractivity contribution >= 4 is 23.3 Å². The van der Waals surface area contributed by atoms with Crippen LogP contribution in [0.2, 0.25) is 0 Å². The number of ether oxygens (including phenoxy) is 2. The van der Waals surface area contributed by atoms with E-state index < -0.39 is 41.0 Å². The summed E-state index contributed by atoms with van der Waals surface area (Å²) in [6.07, 6.45) is -4.68. The standard InChI is InChI=1S/C16H16F3N3O7/c1-28-15(25)10-7-21(4-5-23)14(24)13(10)20-9-2-3-12(11(6-9)22(26)27)29-8-16(17,18)19/h2-3,6,20,23H,4-5,7-8H2,1H3. The second kappa shape index (κ2) is 8.77. The molecule has 1 aliphatic rings. The number of esters is 1. The molecule has 1 amide bonds. The van der Waals surface area contributed by atoms with E-state index in [1.165, 1.54) is 0 Å². The first-order chi connectivity index (χ1) is 13.6. The first-order valence-corrected chi connectivity index (χ1v) is 8.04. The number of anilines is 1. The van der Waals surface area contributed by atoms with E-state index in [9.17, 15) is 32.9 Å². The summed E-state index contributed by atoms with van der Waals surface area (Å²) >= 11 is 0. The molecule has 0 unspecified atom stereocenters. The van der Waals surface area contributed by atoms with Crippen LogP contribution in [0, 0.1) is 10.1 Å². The number of aliphatic hydroxyl groups excluding tert-OH is 1. The van der Waals surface area contributed by atoms with Crippen molar-refractivity contribution in [2.75, 3.05) is 38.7 Å². The largest absolute Gasteiger partial charge is 0.477 e. The smallest absolute Gasteiger partial charge is 0.422 e. The number of nitrogens with one attached hydrogen (secondary N) is 1. The summed E-state index contributed by atoms with van der Waals surface area (Å²) in [6, 6.07) is 2.97. The minimum atomic E-state index is -4.68. The van der Waals surface area contributed by atoms with E-state index in [1.807, 2.05) is 0 Å². The van der Waals surface area contributed by atoms with E-state index in [0.717, 1.165) is 30.2 Å². The van der Waals surface area contributed by atoms with Crippen molar-refractivity contribution in [2.45, 2.75) is 6.18 Å². The Bertz CT molecular complexity index is 855. The number of rotatable bonds is 8. The third kappa shape index (κ3) is 5.34. The molecular weight excluding hydrogens is 403 g/mol. The Hall–Kier alpha value is -3.35. The zero-order valence-corrected chi connectivity index (χ0v) is 15.0. The highest BCUT2D eigenvalue weighted by Crippen LogP contribution is 2.33. The normalized spacial score (nSPS) is 14.2. The number of carbonyl (C=O) groups is 2. The average Bonchev–Trinajstić information content (AvgIpc) is 2.95. The van der Waals surface area contributed by atoms with Gasteiger partial charge in [-0.1, -0.05) is 0 Å². The third-order valence-electron chi connectivity index (χ3n) is 3.77. The number of nitro groups is 1. The van der Waals surface area contributed by atoms with Crippen LogP contribution < -0.4 is 10.1 Å². The van der Waals surface area contributed by atoms with Gasteiger partial charge in [-0.05, 0) is 12.1 Å². The van der Waals surface area contributed by atoms with Crippen molar-refractivity contribution in [3.05, 3.63) is 39.6 Å². The maximum atomic E-state index is 12.4. The second-order valence-electron chi connectivity index (χ2n) is 5.76. The van der Waals surface area contributed by atoms with Gasteiger partial charge in [-0.15, -0.1) is 0 Å². The zero-order valence-electron chi connectivity index (χ0n) is 15.0. The molecule has 0 spiro atoms. The van der Waals surface area contributed by atoms with Gasteiger partial charge in [-0.2, -0.15) is 13.2 Å². The van der Waals surface area contributed by atoms with Gasteiger partial charge in [0.05, 0.1) is 30.8 Å². The van der Waals surface area contributed by atoms with Crippen molar-refractivity contribution in [1.82, 2.24) is 4.90 Å². The molecule has 13 heteroatoms. The number of hydrogen-bond donors (Lipinski definition) is 2. The van der Waals surface area contributed by atoms with Crippen LogP contribution in [0.25, 0.3) is 0 Å². The third-order valence-corrected chi connectivity index (χ3v) is 3.77. The number of hydrogen-bond acceptors (Lipinski definition) is 8. The summed E-state index contributed by atoms with van der Waals surface area (Å²) in [4.78, 5) is 35.8. The maximum Gasteiger partial charge on any atom is 0.422 e. The molecule has 0 radical (unpaired) electrons. The molecule has 0 aromatic heterocycles. The van der Waals surface area contributed by atoms with Crippen molar-refractivity contribution in [3.8, 4) is 5.75 Å². The summed E-state index contributed by atoms with van der Waals surface area (Å²) in [5.74, 6) is -2.08. The number of amides is 1. The highest BCUT2D eigenvalue weighted by atomic mass is 19.4. The lowest BCUT2D eigenvalue weighted by atomic mass is 10.2. The number of β-amino-alcohol motifs (C(OH)–C–C–N with tert-alkyl or cyclic N) is 1. The van der Waals surface area contributed by atoms with E-state index in [1.54, 1.807) is 0 Å². The van der Waals surface area contributed by atoms with E-state index in [0.29, 0.717) is 0 Å². The number of carbonyl (C=O) groups excluding carboxylic acids is 2. The molecule has 1 aliphatic heterocycles. The zero-order chi connectivity index (χ0) is 21.8. The maximum absolute atomic E-state index is 12.4. The molecule has 0 bridgehead atoms. The Morgan fingerprint density at radius 1 is 1.41 bits per heavy atom. The minimum absolute atomic E-state index is 0.0355. The first-order valence-electron chi connectivity index (χ1n) is 8.04. The van der Waals surface area contributed by atoms with Gasteiger partial charge in [0.15, 0.2) is 12.4 Å². The number of halogens is 3. The quantitative estimate of drug-likeness (QED) is 0.365. The molecule has 2 rings (SSSR count). The van der Waals surface area contributed by atoms with Crippen LogP contribution in [-0.2, 0) is 14.3 Å². The highest BCUT2D eigenvalue weighted by molar-refractivity contribution is 6.08. The fraction of sp³-hybridized carbons (Fsp3) is 0.375. The lowest BCUT2D eigenvalue weighted by molar-refractivity contribution is -0.386. The molecule has 0 aliphatic carbocycles. The van der Waals surface area contributed by atoms with E-state index in [4.69, 9.17) is 5.11 Å². The van der Waals surface area contributed by atoms with Crippen LogP contribution in [0.4, 0.5) is 24.5 Å². The lowest BCUT2D eigenvalue weighted by Crippen LogP contribution is -2.31. The van der Waals surface area contributed by atoms with Crippen LogP contribution >= 0.6 is 0 Å². The van der Waals surface area contributed by atoms with Gasteiger partial charge in [-0.25, -0.2) is 4.79 Å². The number of methoxy groups -OCH3 is 1. The predicted molar refractivity (Wildman–Crippen MR) is 91.0 cm³/mol. The van der Waals surface area contributed by atoms with Gasteiger partial charge < -0.3 is 24.8 Å². The van der Waals surface area contributed by atoms with Gasteiger partial charge >= 0.3 is 17.8 Å². The van der Waals surface area contributed by atoms with Gasteiger partial charge in [0.1, 0.15) is 5.70 Å². The lowest BCUT2D eigenvalue weighted by Gasteiger charge is -2.15. The van der Waals surface area contributed by atoms with Crippen LogP contribution in [0.1, 0.15) is 0 Å². The topological polar surface area (TPSA) is 131 Å². The van der Waals surface area contributed by atoms with Crippen LogP contribution in [0.3, 0.4) is 0 Å². The number of nitrogens with zero attached hydrogens (tertiary/aromatic N) is 2. The molecule has 0 saturated heterocycles. The summed E-state index contributed by atoms with van der Waals surface area (Å²) in [6.45, 7) is -2.28. The van der Waals surface area contributed by atoms with Gasteiger partial charge in [0, 0.05) is 18.3 Å². The average molecular weight is 419 g/mol. The number of aliphatic hydroxyl groups is 1. The molecule has 1 heterocycles. The van der Waals surface area contributed by atoms with E-state index >= 15 is 0 Å². The first kappa shape index (κ1) is 21.9. The van der Waals surface area contributed by atoms with Gasteiger partial charge in [-0.3, -0.25) is 14.9 Å². The molecule has 0 saturated carbocycles. The van der Waals surface area contributed by atoms with E-state index in [-0.39, 0.29) is 36.7 Å². The fourth-order valence-corrected chi connectivity index (χ4v) is 2.51. The summed E-state index contributed by atoms with van der Waals surface area (Å²) < 4.78 is 46.0. The molecule has 1 aromatic rings. The number of alkyl halides is 3. The summed E-state index contributed by atoms with van der Waals surface area (Å²) in [5, 5.41) is 22.8. The van der Waals surface area contributed by atoms with Crippen molar-refractivity contribution in [2.24, 2.45) is 0 Å². The molecular formula is C16H16F3N3O7. The number of nitro benzene ring substituents is 1. The Labute approximate surface area is 161 Å². The molecule has 1 aromatic carbocycles. The molecule has 29 heavy (non-hydrogen) atoms. The minimum Gasteiger partial charge on any atom is -0.477 e. The Morgan fingerprint density at radius 3 is 2.66 bits per heavy atom. The second-order valence-corrected chi connectivity index (χ2v) is 5.76. The Balaban J connectivity index is 2.33. The highest BCUT2D eigenvalue weighted by Gasteiger charge is 2.35. The Kier molecular flexibility index (Phi) is 6.64. The molecule has 158 valence electrons. The fourth-order valence-electron chi connectivity index (χ4n) is 2.51. The van der Waals surface area contributed by atoms with Crippen molar-refractivity contribution in [3.63, 3.8) is 0 Å². The van der Waals surface area contributed by atoms with Crippen molar-refractivity contribution in [1.29, 1.82) is 0 Å². The summed E-state index contributed by atoms with van der Waals surface area (Å²) in [7, 11) is 1.10. The van der Waals surface area contributed by atoms with Gasteiger partial charge in [0.25, 0.3) is 5.91 Å². The molecule has 10 nitrogen and oxygen atoms in total. The van der Waals surface area contributed by atoms with E-state index in [2.05, 4.69) is 14.8 Å². The summed E-state index contributed by atoms with van der Waals surface area (Å²) in [5.41, 5.74) is -1.08. The molecule has 0 atom stereocenters. The monoisotopic (exact) mass is 419 g/mol. The van der Waals surface area contributed by atoms with Crippen LogP contribution in [-0.4, -0.2) is 66.4 Å². The van der Waals surface area contributed by atoms with Crippen molar-refractivity contribution < 1.29 is 42.3 Å². The van der Waals surface area contributed by atoms with Crippen LogP contribution in [0.5, 0.6) is 5.75 Å². The molecule has 2 N–H and O–H groups in total. The number of benzene rings is 1.